The smallest absolute Gasteiger partial charge is 0.491 e. The fourth-order valence-corrected chi connectivity index (χ4v) is 2.96. The van der Waals surface area contributed by atoms with E-state index in [4.69, 9.17) is 19.6 Å². The van der Waals surface area contributed by atoms with E-state index in [0.717, 1.165) is 17.6 Å². The molecule has 0 aromatic carbocycles. The largest absolute Gasteiger partial charge is 0.492 e. The number of aliphatic hydroxyl groups is 4. The maximum absolute atomic E-state index is 11.1. The molecule has 3 aliphatic heterocycles. The van der Waals surface area contributed by atoms with E-state index in [9.17, 15) is 19.9 Å². The number of aliphatic imine (C=N–C) groups is 2. The summed E-state index contributed by atoms with van der Waals surface area (Å²) in [5.74, 6) is -0.518. The summed E-state index contributed by atoms with van der Waals surface area (Å²) in [5, 5.41) is 39.4. The van der Waals surface area contributed by atoms with Crippen molar-refractivity contribution in [2.24, 2.45) is 9.98 Å². The van der Waals surface area contributed by atoms with Gasteiger partial charge in [-0.05, 0) is 0 Å². The summed E-state index contributed by atoms with van der Waals surface area (Å²) < 4.78 is 20.9. The van der Waals surface area contributed by atoms with Gasteiger partial charge in [0.05, 0.1) is 12.9 Å². The average molecular weight is 366 g/mol. The SMILES string of the molecule is O=P(O)(O)ON1C=NC(O)=C2N=CN([C@@H]3O[C@H](CO)[C@@H](O)[C@H]3O)C21. The Morgan fingerprint density at radius 2 is 1.96 bits per heavy atom. The monoisotopic (exact) mass is 366 g/mol. The zero-order valence-electron chi connectivity index (χ0n) is 11.9. The van der Waals surface area contributed by atoms with Gasteiger partial charge in [-0.15, -0.1) is 0 Å². The minimum Gasteiger partial charge on any atom is -0.492 e. The molecule has 1 unspecified atom stereocenters. The fourth-order valence-electron chi connectivity index (χ4n) is 2.59. The number of hydrogen-bond acceptors (Lipinski definition) is 11. The number of nitrogens with zero attached hydrogens (tertiary/aromatic N) is 4. The molecule has 1 fully saturated rings. The number of rotatable bonds is 4. The van der Waals surface area contributed by atoms with Crippen molar-refractivity contribution in [3.05, 3.63) is 11.6 Å². The maximum Gasteiger partial charge on any atom is 0.491 e. The van der Waals surface area contributed by atoms with E-state index in [1.165, 1.54) is 0 Å². The van der Waals surface area contributed by atoms with Crippen LogP contribution < -0.4 is 0 Å². The minimum absolute atomic E-state index is 0.108. The van der Waals surface area contributed by atoms with Crippen LogP contribution in [0.4, 0.5) is 0 Å². The van der Waals surface area contributed by atoms with Gasteiger partial charge in [-0.25, -0.2) is 19.6 Å². The lowest BCUT2D eigenvalue weighted by Crippen LogP contribution is -2.54. The van der Waals surface area contributed by atoms with Crippen molar-refractivity contribution in [1.29, 1.82) is 0 Å². The second-order valence-electron chi connectivity index (χ2n) is 5.18. The summed E-state index contributed by atoms with van der Waals surface area (Å²) in [6, 6.07) is 0. The van der Waals surface area contributed by atoms with Gasteiger partial charge < -0.3 is 39.8 Å². The zero-order valence-corrected chi connectivity index (χ0v) is 12.8. The molecule has 3 heterocycles. The molecule has 0 aliphatic carbocycles. The summed E-state index contributed by atoms with van der Waals surface area (Å²) in [5.41, 5.74) is -0.108. The molecular weight excluding hydrogens is 351 g/mol. The fraction of sp³-hybridized carbons (Fsp3) is 0.600. The van der Waals surface area contributed by atoms with Gasteiger partial charge in [0.2, 0.25) is 5.88 Å². The van der Waals surface area contributed by atoms with Crippen molar-refractivity contribution < 1.29 is 44.1 Å². The van der Waals surface area contributed by atoms with Gasteiger partial charge in [0.1, 0.15) is 30.3 Å². The first-order valence-corrected chi connectivity index (χ1v) is 8.21. The highest BCUT2D eigenvalue weighted by Gasteiger charge is 2.51. The summed E-state index contributed by atoms with van der Waals surface area (Å²) in [4.78, 5) is 26.5. The van der Waals surface area contributed by atoms with Gasteiger partial charge in [0.15, 0.2) is 12.4 Å². The molecule has 3 rings (SSSR count). The standard InChI is InChI=1S/C10H15N4O9P/c15-1-4-6(16)7(17)10(22-4)13-2-11-5-8(18)12-3-14(9(5)13)23-24(19,20)21/h2-4,6-7,9-10,15-18H,1H2,(H2,19,20,21)/t4-,6-,7-,9?,10-/m1/s1. The lowest BCUT2D eigenvalue weighted by molar-refractivity contribution is -0.131. The Kier molecular flexibility index (Phi) is 4.36. The zero-order chi connectivity index (χ0) is 17.6. The first kappa shape index (κ1) is 17.3. The molecule has 1 saturated heterocycles. The Labute approximate surface area is 134 Å². The number of phosphoric acid groups is 1. The van der Waals surface area contributed by atoms with Crippen LogP contribution >= 0.6 is 7.82 Å². The normalized spacial score (nSPS) is 36.0. The van der Waals surface area contributed by atoms with Crippen molar-refractivity contribution in [2.75, 3.05) is 6.61 Å². The van der Waals surface area contributed by atoms with E-state index < -0.39 is 51.0 Å². The molecule has 134 valence electrons. The Morgan fingerprint density at radius 1 is 1.25 bits per heavy atom. The summed E-state index contributed by atoms with van der Waals surface area (Å²) in [6.07, 6.45) is -4.37. The molecule has 0 amide bonds. The molecule has 5 atom stereocenters. The van der Waals surface area contributed by atoms with Crippen molar-refractivity contribution in [3.8, 4) is 0 Å². The molecule has 0 aromatic rings. The quantitative estimate of drug-likeness (QED) is 0.282. The topological polar surface area (TPSA) is 188 Å². The second kappa shape index (κ2) is 6.06. The molecule has 24 heavy (non-hydrogen) atoms. The van der Waals surface area contributed by atoms with E-state index >= 15 is 0 Å². The molecule has 0 saturated carbocycles. The predicted molar refractivity (Wildman–Crippen MR) is 75.0 cm³/mol. The van der Waals surface area contributed by atoms with Crippen molar-refractivity contribution >= 4 is 20.5 Å². The van der Waals surface area contributed by atoms with Gasteiger partial charge in [0.25, 0.3) is 0 Å². The van der Waals surface area contributed by atoms with Gasteiger partial charge >= 0.3 is 7.82 Å². The van der Waals surface area contributed by atoms with E-state index in [2.05, 4.69) is 14.6 Å². The highest BCUT2D eigenvalue weighted by Crippen LogP contribution is 2.41. The third-order valence-electron chi connectivity index (χ3n) is 3.63. The number of hydroxylamine groups is 2. The van der Waals surface area contributed by atoms with Crippen molar-refractivity contribution in [3.63, 3.8) is 0 Å². The number of ether oxygens (including phenoxy) is 1. The van der Waals surface area contributed by atoms with E-state index in [-0.39, 0.29) is 5.70 Å². The lowest BCUT2D eigenvalue weighted by atomic mass is 10.1. The van der Waals surface area contributed by atoms with Crippen molar-refractivity contribution in [2.45, 2.75) is 30.7 Å². The minimum atomic E-state index is -4.95. The van der Waals surface area contributed by atoms with E-state index in [1.54, 1.807) is 0 Å². The number of fused-ring (bicyclic) bond motifs is 1. The summed E-state index contributed by atoms with van der Waals surface area (Å²) in [6.45, 7) is -0.553. The molecule has 0 radical (unpaired) electrons. The van der Waals surface area contributed by atoms with Crippen LogP contribution in [0.2, 0.25) is 0 Å². The first-order valence-electron chi connectivity index (χ1n) is 6.68. The van der Waals surface area contributed by atoms with Crippen molar-refractivity contribution in [1.82, 2.24) is 9.96 Å². The van der Waals surface area contributed by atoms with Crippen LogP contribution in [-0.2, 0) is 13.9 Å². The number of hydrogen-bond donors (Lipinski definition) is 6. The molecule has 6 N–H and O–H groups in total. The third kappa shape index (κ3) is 2.92. The Bertz CT molecular complexity index is 648. The van der Waals surface area contributed by atoms with E-state index in [0.29, 0.717) is 5.06 Å². The molecule has 13 nitrogen and oxygen atoms in total. The number of aliphatic hydroxyl groups excluding tert-OH is 4. The third-order valence-corrected chi connectivity index (χ3v) is 4.03. The van der Waals surface area contributed by atoms with Gasteiger partial charge in [0, 0.05) is 0 Å². The van der Waals surface area contributed by atoms with Crippen LogP contribution in [0, 0.1) is 0 Å². The highest BCUT2D eigenvalue weighted by atomic mass is 31.2. The molecule has 3 aliphatic rings. The Hall–Kier alpha value is -1.57. The predicted octanol–water partition coefficient (Wildman–Crippen LogP) is -2.81. The van der Waals surface area contributed by atoms with Crippen LogP contribution in [0.25, 0.3) is 0 Å². The highest BCUT2D eigenvalue weighted by molar-refractivity contribution is 7.46. The second-order valence-corrected chi connectivity index (χ2v) is 6.32. The summed E-state index contributed by atoms with van der Waals surface area (Å²) in [7, 11) is -4.95. The van der Waals surface area contributed by atoms with Gasteiger partial charge in [-0.1, -0.05) is 0 Å². The molecular formula is C10H15N4O9P. The summed E-state index contributed by atoms with van der Waals surface area (Å²) >= 11 is 0. The van der Waals surface area contributed by atoms with Crippen LogP contribution in [0.1, 0.15) is 0 Å². The van der Waals surface area contributed by atoms with Crippen LogP contribution in [0.5, 0.6) is 0 Å². The lowest BCUT2D eigenvalue weighted by Gasteiger charge is -2.37. The van der Waals surface area contributed by atoms with Crippen LogP contribution in [-0.4, -0.2) is 90.2 Å². The molecule has 0 spiro atoms. The molecule has 0 aromatic heterocycles. The Morgan fingerprint density at radius 3 is 2.54 bits per heavy atom. The van der Waals surface area contributed by atoms with Crippen LogP contribution in [0.3, 0.4) is 0 Å². The van der Waals surface area contributed by atoms with Gasteiger partial charge in [-0.2, -0.15) is 4.62 Å². The molecule has 14 heteroatoms. The van der Waals surface area contributed by atoms with Gasteiger partial charge in [-0.3, -0.25) is 0 Å². The Balaban J connectivity index is 1.89. The van der Waals surface area contributed by atoms with Crippen LogP contribution in [0.15, 0.2) is 21.6 Å². The molecule has 0 bridgehead atoms. The average Bonchev–Trinajstić information content (AvgIpc) is 3.05. The maximum atomic E-state index is 11.1. The first-order chi connectivity index (χ1) is 11.2. The van der Waals surface area contributed by atoms with E-state index in [1.807, 2.05) is 0 Å².